The van der Waals surface area contributed by atoms with Crippen LogP contribution in [0.2, 0.25) is 0 Å². The number of benzene rings is 5. The standard InChI is InChI=1S/3C24H34F2O2.2C18H24F2O2.8H2/c3*1-15-3-8-18(9-4-15)19-11-6-17(7-12-19)14-27-21-13-20-10-5-16(2)28-24(20)23(26)22(21)25;2*1-11-3-6-13(7-4-11)10-21-15-9-14-8-5-12(2)22-18(14)17(20)16(15)19;;;;;;;;/h3*13,15-19H,3-12,14H2,1-2H3;2*9,11-13H,3-8,10H2,1-2H3;8*1H. The zero-order valence-corrected chi connectivity index (χ0v) is 78.6. The van der Waals surface area contributed by atoms with Gasteiger partial charge in [0.05, 0.1) is 63.6 Å². The first-order valence-electron chi connectivity index (χ1n) is 50.6. The number of hydrogen-bond donors (Lipinski definition) is 0. The van der Waals surface area contributed by atoms with Crippen LogP contribution in [0, 0.1) is 153 Å². The average Bonchev–Trinajstić information content (AvgIpc) is 0.805. The first-order chi connectivity index (χ1) is 61.6. The highest BCUT2D eigenvalue weighted by molar-refractivity contribution is 5.48. The van der Waals surface area contributed by atoms with Crippen molar-refractivity contribution in [2.45, 2.75) is 369 Å². The third-order valence-corrected chi connectivity index (χ3v) is 32.2. The molecule has 0 spiro atoms. The van der Waals surface area contributed by atoms with E-state index >= 15 is 0 Å². The van der Waals surface area contributed by atoms with E-state index in [-0.39, 0.29) is 99.4 Å². The summed E-state index contributed by atoms with van der Waals surface area (Å²) in [6, 6.07) is 8.17. The Bertz CT molecular complexity index is 4030. The molecule has 20 heteroatoms. The molecule has 5 aliphatic heterocycles. The van der Waals surface area contributed by atoms with Crippen LogP contribution in [0.15, 0.2) is 30.3 Å². The lowest BCUT2D eigenvalue weighted by Crippen LogP contribution is -2.27. The number of ether oxygens (including phenoxy) is 10. The van der Waals surface area contributed by atoms with Crippen LogP contribution in [0.3, 0.4) is 0 Å². The lowest BCUT2D eigenvalue weighted by Gasteiger charge is -2.37. The summed E-state index contributed by atoms with van der Waals surface area (Å²) in [7, 11) is 0. The highest BCUT2D eigenvalue weighted by Gasteiger charge is 2.38. The van der Waals surface area contributed by atoms with Crippen LogP contribution in [0.1, 0.15) is 346 Å². The molecule has 5 aromatic carbocycles. The SMILES string of the molecule is CC1CCC(C2CCC(COc3cc4c(c(F)c3F)OC(C)CC4)CC2)CC1.CC1CCC(C2CCC(COc3cc4c(c(F)c3F)OC(C)CC4)CC2)CC1.CC1CCC(C2CCC(COc3cc4c(c(F)c3F)OC(C)CC4)CC2)CC1.CC1CCC(COc2cc3c(c(F)c2F)OC(C)CC3)CC1.CC1CCC(COc2cc3c(c(F)c2F)OC(C)CC3)CC1.[HH].[HH].[HH].[HH].[HH].[HH].[HH].[HH]. The minimum Gasteiger partial charge on any atom is -0.490 e. The van der Waals surface area contributed by atoms with Crippen molar-refractivity contribution in [1.82, 2.24) is 0 Å². The summed E-state index contributed by atoms with van der Waals surface area (Å²) < 4.78 is 199. The molecule has 8 fully saturated rings. The van der Waals surface area contributed by atoms with E-state index in [1.807, 2.05) is 34.6 Å². The van der Waals surface area contributed by atoms with Gasteiger partial charge in [-0.25, -0.2) is 0 Å². The van der Waals surface area contributed by atoms with Crippen molar-refractivity contribution >= 4 is 0 Å². The largest absolute Gasteiger partial charge is 0.490 e. The van der Waals surface area contributed by atoms with E-state index in [1.54, 1.807) is 30.3 Å². The van der Waals surface area contributed by atoms with E-state index in [1.165, 1.54) is 141 Å². The van der Waals surface area contributed by atoms with E-state index in [4.69, 9.17) is 47.4 Å². The van der Waals surface area contributed by atoms with E-state index in [0.717, 1.165) is 178 Å². The maximum absolute atomic E-state index is 14.4. The first kappa shape index (κ1) is 97.4. The summed E-state index contributed by atoms with van der Waals surface area (Å²) in [5.41, 5.74) is 3.60. The summed E-state index contributed by atoms with van der Waals surface area (Å²) in [5.74, 6) is 3.37. The molecule has 0 amide bonds. The van der Waals surface area contributed by atoms with Gasteiger partial charge in [-0.05, 0) is 365 Å². The second-order valence-electron chi connectivity index (χ2n) is 42.5. The summed E-state index contributed by atoms with van der Waals surface area (Å²) in [4.78, 5) is 0. The van der Waals surface area contributed by atoms with Crippen LogP contribution in [-0.4, -0.2) is 63.6 Å². The molecule has 0 aromatic heterocycles. The zero-order chi connectivity index (χ0) is 90.4. The van der Waals surface area contributed by atoms with Gasteiger partial charge < -0.3 is 47.4 Å². The molecular formula is C108H166F10O10. The summed E-state index contributed by atoms with van der Waals surface area (Å²) in [6.07, 6.45) is 47.6. The lowest BCUT2D eigenvalue weighted by atomic mass is 9.69. The normalized spacial score (nSPS) is 31.3. The molecule has 0 radical (unpaired) electrons. The quantitative estimate of drug-likeness (QED) is 0.0790. The van der Waals surface area contributed by atoms with Gasteiger partial charge in [-0.2, -0.15) is 43.9 Å². The van der Waals surface area contributed by atoms with Crippen LogP contribution in [0.25, 0.3) is 0 Å². The molecular weight excluding hydrogens is 1650 g/mol. The van der Waals surface area contributed by atoms with Crippen LogP contribution in [0.5, 0.6) is 57.5 Å². The van der Waals surface area contributed by atoms with Crippen molar-refractivity contribution in [2.24, 2.45) is 94.7 Å². The van der Waals surface area contributed by atoms with Crippen LogP contribution < -0.4 is 47.4 Å². The van der Waals surface area contributed by atoms with Gasteiger partial charge in [-0.15, -0.1) is 0 Å². The fourth-order valence-electron chi connectivity index (χ4n) is 23.1. The topological polar surface area (TPSA) is 92.3 Å². The first-order valence-corrected chi connectivity index (χ1v) is 50.6. The van der Waals surface area contributed by atoms with Gasteiger partial charge in [0, 0.05) is 39.2 Å². The lowest BCUT2D eigenvalue weighted by molar-refractivity contribution is 0.123. The van der Waals surface area contributed by atoms with Crippen molar-refractivity contribution in [2.75, 3.05) is 33.0 Å². The molecule has 8 aliphatic carbocycles. The number of aryl methyl sites for hydroxylation is 5. The van der Waals surface area contributed by atoms with E-state index < -0.39 is 58.2 Å². The molecule has 13 aliphatic rings. The molecule has 8 saturated carbocycles. The fourth-order valence-corrected chi connectivity index (χ4v) is 23.1. The Morgan fingerprint density at radius 2 is 0.344 bits per heavy atom. The van der Waals surface area contributed by atoms with Gasteiger partial charge in [-0.1, -0.05) is 98.8 Å². The maximum Gasteiger partial charge on any atom is 0.204 e. The Labute approximate surface area is 770 Å². The maximum atomic E-state index is 14.4. The summed E-state index contributed by atoms with van der Waals surface area (Å²) >= 11 is 0. The van der Waals surface area contributed by atoms with Crippen molar-refractivity contribution < 1.29 is 103 Å². The van der Waals surface area contributed by atoms with E-state index in [2.05, 4.69) is 34.6 Å². The van der Waals surface area contributed by atoms with E-state index in [0.29, 0.717) is 106 Å². The Kier molecular flexibility index (Phi) is 34.9. The predicted octanol–water partition coefficient (Wildman–Crippen LogP) is 31.8. The van der Waals surface area contributed by atoms with Crippen LogP contribution in [-0.2, 0) is 32.1 Å². The molecule has 0 N–H and O–H groups in total. The van der Waals surface area contributed by atoms with Gasteiger partial charge in [0.1, 0.15) is 0 Å². The highest BCUT2D eigenvalue weighted by Crippen LogP contribution is 2.49. The highest BCUT2D eigenvalue weighted by atomic mass is 19.2. The van der Waals surface area contributed by atoms with Crippen molar-refractivity contribution in [3.63, 3.8) is 0 Å². The molecule has 5 aromatic rings. The number of hydrogen-bond acceptors (Lipinski definition) is 10. The number of rotatable bonds is 18. The predicted molar refractivity (Wildman–Crippen MR) is 500 cm³/mol. The molecule has 0 saturated heterocycles. The van der Waals surface area contributed by atoms with E-state index in [9.17, 15) is 43.9 Å². The zero-order valence-electron chi connectivity index (χ0n) is 78.6. The summed E-state index contributed by atoms with van der Waals surface area (Å²) in [6.45, 7) is 23.4. The minimum absolute atomic E-state index is 0. The smallest absolute Gasteiger partial charge is 0.204 e. The molecule has 728 valence electrons. The van der Waals surface area contributed by atoms with Crippen molar-refractivity contribution in [3.8, 4) is 57.5 Å². The Balaban J connectivity index is 0.000000258. The average molecular weight is 1810 g/mol. The molecule has 128 heavy (non-hydrogen) atoms. The minimum atomic E-state index is -0.919. The Morgan fingerprint density at radius 3 is 0.508 bits per heavy atom. The molecule has 5 heterocycles. The monoisotopic (exact) mass is 1810 g/mol. The third kappa shape index (κ3) is 25.7. The van der Waals surface area contributed by atoms with Gasteiger partial charge in [0.25, 0.3) is 0 Å². The molecule has 5 atom stereocenters. The van der Waals surface area contributed by atoms with Crippen LogP contribution >= 0.6 is 0 Å². The molecule has 10 nitrogen and oxygen atoms in total. The molecule has 18 rings (SSSR count). The molecule has 0 bridgehead atoms. The van der Waals surface area contributed by atoms with Gasteiger partial charge in [0.2, 0.25) is 58.2 Å². The van der Waals surface area contributed by atoms with Crippen molar-refractivity contribution in [3.05, 3.63) is 116 Å². The van der Waals surface area contributed by atoms with Gasteiger partial charge in [0.15, 0.2) is 57.5 Å². The van der Waals surface area contributed by atoms with Crippen LogP contribution in [0.4, 0.5) is 43.9 Å². The third-order valence-electron chi connectivity index (χ3n) is 32.2. The fraction of sp³-hybridized carbons (Fsp3) is 0.722. The number of fused-ring (bicyclic) bond motifs is 5. The Hall–Kier alpha value is -6.60. The number of halogens is 10. The second-order valence-corrected chi connectivity index (χ2v) is 42.5. The van der Waals surface area contributed by atoms with Gasteiger partial charge in [-0.3, -0.25) is 0 Å². The van der Waals surface area contributed by atoms with Gasteiger partial charge >= 0.3 is 0 Å². The second kappa shape index (κ2) is 45.9. The molecule has 5 unspecified atom stereocenters. The Morgan fingerprint density at radius 1 is 0.203 bits per heavy atom. The van der Waals surface area contributed by atoms with Crippen molar-refractivity contribution in [1.29, 1.82) is 0 Å². The summed E-state index contributed by atoms with van der Waals surface area (Å²) in [5, 5.41) is 0.